The van der Waals surface area contributed by atoms with E-state index in [9.17, 15) is 25.2 Å². The minimum Gasteiger partial charge on any atom is -0.394 e. The van der Waals surface area contributed by atoms with Crippen LogP contribution >= 0.6 is 0 Å². The maximum atomic E-state index is 12.5. The Morgan fingerprint density at radius 2 is 0.772 bits per heavy atom. The van der Waals surface area contributed by atoms with Crippen molar-refractivity contribution in [2.75, 3.05) is 6.61 Å². The molecule has 6 heteroatoms. The Bertz CT molecular complexity index is 904. The van der Waals surface area contributed by atoms with Gasteiger partial charge in [0.15, 0.2) is 0 Å². The molecule has 0 saturated carbocycles. The molecule has 0 spiro atoms. The summed E-state index contributed by atoms with van der Waals surface area (Å²) >= 11 is 0. The average molecular weight is 804 g/mol. The zero-order valence-corrected chi connectivity index (χ0v) is 37.8. The highest BCUT2D eigenvalue weighted by molar-refractivity contribution is 5.80. The number of amides is 1. The van der Waals surface area contributed by atoms with E-state index < -0.39 is 36.9 Å². The standard InChI is InChI=1S/C51H97NO5/c1-3-5-7-9-11-13-15-17-19-21-23-24-25-26-27-29-30-32-34-36-38-40-42-44-48(54)50(56)47(46-53)52-51(57)49(55)45-43-41-39-37-35-33-31-28-22-20-18-16-14-12-10-8-6-4-2/h12,14,16,18,36,38,47-50,53-56H,3-11,13,15,17,19-35,37,39-46H2,1-2H3,(H,52,57)/b14-12-,18-16-,38-36+. The molecule has 5 N–H and O–H groups in total. The second-order valence-corrected chi connectivity index (χ2v) is 17.2. The van der Waals surface area contributed by atoms with Crippen molar-refractivity contribution >= 4 is 5.91 Å². The van der Waals surface area contributed by atoms with E-state index in [0.717, 1.165) is 44.9 Å². The Balaban J connectivity index is 3.72. The lowest BCUT2D eigenvalue weighted by Gasteiger charge is -2.27. The van der Waals surface area contributed by atoms with Crippen molar-refractivity contribution < 1.29 is 25.2 Å². The highest BCUT2D eigenvalue weighted by Crippen LogP contribution is 2.16. The highest BCUT2D eigenvalue weighted by Gasteiger charge is 2.28. The summed E-state index contributed by atoms with van der Waals surface area (Å²) in [6.45, 7) is 4.03. The van der Waals surface area contributed by atoms with Crippen LogP contribution in [0.3, 0.4) is 0 Å². The van der Waals surface area contributed by atoms with Crippen molar-refractivity contribution in [3.63, 3.8) is 0 Å². The Morgan fingerprint density at radius 3 is 1.19 bits per heavy atom. The Kier molecular flexibility index (Phi) is 44.4. The first-order valence-electron chi connectivity index (χ1n) is 24.9. The van der Waals surface area contributed by atoms with E-state index in [1.165, 1.54) is 180 Å². The molecule has 4 atom stereocenters. The minimum absolute atomic E-state index is 0.357. The molecule has 336 valence electrons. The van der Waals surface area contributed by atoms with Crippen LogP contribution in [0.15, 0.2) is 36.5 Å². The molecule has 4 unspecified atom stereocenters. The van der Waals surface area contributed by atoms with Crippen LogP contribution in [-0.2, 0) is 4.79 Å². The van der Waals surface area contributed by atoms with Gasteiger partial charge in [0.05, 0.1) is 18.8 Å². The Hall–Kier alpha value is -1.47. The number of hydrogen-bond acceptors (Lipinski definition) is 5. The molecule has 0 bridgehead atoms. The van der Waals surface area contributed by atoms with E-state index in [4.69, 9.17) is 0 Å². The van der Waals surface area contributed by atoms with Crippen molar-refractivity contribution in [2.45, 2.75) is 276 Å². The van der Waals surface area contributed by atoms with Crippen LogP contribution in [0.25, 0.3) is 0 Å². The van der Waals surface area contributed by atoms with Gasteiger partial charge in [-0.05, 0) is 64.2 Å². The fourth-order valence-electron chi connectivity index (χ4n) is 7.63. The molecule has 0 aromatic rings. The maximum absolute atomic E-state index is 12.5. The second kappa shape index (κ2) is 45.6. The van der Waals surface area contributed by atoms with Crippen molar-refractivity contribution in [1.82, 2.24) is 5.32 Å². The van der Waals surface area contributed by atoms with E-state index in [1.54, 1.807) is 0 Å². The van der Waals surface area contributed by atoms with E-state index in [0.29, 0.717) is 12.8 Å². The topological polar surface area (TPSA) is 110 Å². The second-order valence-electron chi connectivity index (χ2n) is 17.2. The van der Waals surface area contributed by atoms with E-state index >= 15 is 0 Å². The first kappa shape index (κ1) is 55.5. The van der Waals surface area contributed by atoms with Crippen LogP contribution < -0.4 is 5.32 Å². The van der Waals surface area contributed by atoms with Gasteiger partial charge in [-0.3, -0.25) is 4.79 Å². The molecule has 0 aromatic heterocycles. The van der Waals surface area contributed by atoms with Crippen molar-refractivity contribution in [3.8, 4) is 0 Å². The minimum atomic E-state index is -1.28. The SMILES string of the molecule is CCCCC/C=C\C=C/CCCCCCCCCCCC(O)C(=O)NC(CO)C(O)C(O)CCC/C=C/CCCCCCCCCCCCCCCCCCCC. The molecular formula is C51H97NO5. The number of aliphatic hydroxyl groups is 4. The van der Waals surface area contributed by atoms with Crippen molar-refractivity contribution in [1.29, 1.82) is 0 Å². The number of nitrogens with one attached hydrogen (secondary N) is 1. The van der Waals surface area contributed by atoms with Crippen LogP contribution in [0.5, 0.6) is 0 Å². The molecule has 0 rings (SSSR count). The van der Waals surface area contributed by atoms with Gasteiger partial charge in [0.2, 0.25) is 5.91 Å². The van der Waals surface area contributed by atoms with Gasteiger partial charge in [-0.2, -0.15) is 0 Å². The average Bonchev–Trinajstić information content (AvgIpc) is 3.22. The summed E-state index contributed by atoms with van der Waals surface area (Å²) in [6, 6.07) is -1.00. The summed E-state index contributed by atoms with van der Waals surface area (Å²) in [7, 11) is 0. The molecule has 0 aliphatic carbocycles. The molecule has 0 aliphatic heterocycles. The third-order valence-corrected chi connectivity index (χ3v) is 11.6. The van der Waals surface area contributed by atoms with Gasteiger partial charge in [0, 0.05) is 0 Å². The fourth-order valence-corrected chi connectivity index (χ4v) is 7.63. The number of rotatable bonds is 45. The smallest absolute Gasteiger partial charge is 0.249 e. The molecule has 0 aromatic carbocycles. The molecule has 6 nitrogen and oxygen atoms in total. The molecule has 0 saturated heterocycles. The molecule has 0 fully saturated rings. The molecule has 0 heterocycles. The summed E-state index contributed by atoms with van der Waals surface area (Å²) in [5.74, 6) is -0.597. The highest BCUT2D eigenvalue weighted by atomic mass is 16.3. The van der Waals surface area contributed by atoms with Gasteiger partial charge in [-0.1, -0.05) is 224 Å². The maximum Gasteiger partial charge on any atom is 0.249 e. The number of unbranched alkanes of at least 4 members (excludes halogenated alkanes) is 31. The van der Waals surface area contributed by atoms with Gasteiger partial charge >= 0.3 is 0 Å². The largest absolute Gasteiger partial charge is 0.394 e. The van der Waals surface area contributed by atoms with Gasteiger partial charge < -0.3 is 25.7 Å². The number of carbonyl (C=O) groups excluding carboxylic acids is 1. The normalized spacial score (nSPS) is 14.3. The quantitative estimate of drug-likeness (QED) is 0.0239. The molecule has 57 heavy (non-hydrogen) atoms. The van der Waals surface area contributed by atoms with Crippen molar-refractivity contribution in [2.24, 2.45) is 0 Å². The monoisotopic (exact) mass is 804 g/mol. The van der Waals surface area contributed by atoms with Gasteiger partial charge in [-0.25, -0.2) is 0 Å². The van der Waals surface area contributed by atoms with Gasteiger partial charge in [0.1, 0.15) is 12.2 Å². The first-order chi connectivity index (χ1) is 28.0. The number of aliphatic hydroxyl groups excluding tert-OH is 4. The van der Waals surface area contributed by atoms with E-state index in [2.05, 4.69) is 55.6 Å². The lowest BCUT2D eigenvalue weighted by Crippen LogP contribution is -2.53. The number of allylic oxidation sites excluding steroid dienone is 6. The predicted molar refractivity (Wildman–Crippen MR) is 247 cm³/mol. The third-order valence-electron chi connectivity index (χ3n) is 11.6. The zero-order chi connectivity index (χ0) is 41.7. The van der Waals surface area contributed by atoms with Crippen LogP contribution in [0, 0.1) is 0 Å². The molecule has 1 amide bonds. The molecular weight excluding hydrogens is 707 g/mol. The Labute approximate surface area is 354 Å². The molecule has 0 aliphatic rings. The zero-order valence-electron chi connectivity index (χ0n) is 37.8. The van der Waals surface area contributed by atoms with Crippen LogP contribution in [0.4, 0.5) is 0 Å². The first-order valence-corrected chi connectivity index (χ1v) is 24.9. The summed E-state index contributed by atoms with van der Waals surface area (Å²) in [6.07, 6.45) is 54.7. The van der Waals surface area contributed by atoms with Crippen LogP contribution in [-0.4, -0.2) is 57.3 Å². The molecule has 0 radical (unpaired) electrons. The lowest BCUT2D eigenvalue weighted by atomic mass is 10.00. The summed E-state index contributed by atoms with van der Waals surface area (Å²) in [5, 5.41) is 43.8. The van der Waals surface area contributed by atoms with E-state index in [-0.39, 0.29) is 0 Å². The summed E-state index contributed by atoms with van der Waals surface area (Å²) in [4.78, 5) is 12.5. The van der Waals surface area contributed by atoms with Crippen LogP contribution in [0.2, 0.25) is 0 Å². The van der Waals surface area contributed by atoms with E-state index in [1.807, 2.05) is 0 Å². The van der Waals surface area contributed by atoms with Crippen LogP contribution in [0.1, 0.15) is 251 Å². The van der Waals surface area contributed by atoms with Gasteiger partial charge in [0.25, 0.3) is 0 Å². The third kappa shape index (κ3) is 39.7. The van der Waals surface area contributed by atoms with Gasteiger partial charge in [-0.15, -0.1) is 0 Å². The Morgan fingerprint density at radius 1 is 0.439 bits per heavy atom. The lowest BCUT2D eigenvalue weighted by molar-refractivity contribution is -0.132. The number of hydrogen-bond donors (Lipinski definition) is 5. The number of carbonyl (C=O) groups is 1. The predicted octanol–water partition coefficient (Wildman–Crippen LogP) is 13.7. The van der Waals surface area contributed by atoms with Crippen molar-refractivity contribution in [3.05, 3.63) is 36.5 Å². The summed E-state index contributed by atoms with van der Waals surface area (Å²) < 4.78 is 0. The summed E-state index contributed by atoms with van der Waals surface area (Å²) in [5.41, 5.74) is 0. The fraction of sp³-hybridized carbons (Fsp3) is 0.863.